The zero-order chi connectivity index (χ0) is 8.97. The Balaban J connectivity index is 0.00000144. The molecule has 12 heavy (non-hydrogen) atoms. The molecule has 0 heterocycles. The average molecular weight is 171 g/mol. The van der Waals surface area contributed by atoms with Crippen LogP contribution in [0, 0.1) is 11.8 Å². The molecule has 2 heteroatoms. The predicted molar refractivity (Wildman–Crippen MR) is 51.9 cm³/mol. The average Bonchev–Trinajstić information content (AvgIpc) is 2.17. The Labute approximate surface area is 76.2 Å². The van der Waals surface area contributed by atoms with Crippen molar-refractivity contribution in [3.05, 3.63) is 0 Å². The third-order valence-electron chi connectivity index (χ3n) is 2.98. The maximum absolute atomic E-state index is 11.3. The van der Waals surface area contributed by atoms with Gasteiger partial charge in [-0.05, 0) is 18.8 Å². The highest BCUT2D eigenvalue weighted by Gasteiger charge is 2.25. The van der Waals surface area contributed by atoms with Gasteiger partial charge in [-0.1, -0.05) is 26.2 Å². The number of nitrogens with one attached hydrogen (secondary N) is 1. The summed E-state index contributed by atoms with van der Waals surface area (Å²) in [5.41, 5.74) is 0. The molecule has 0 spiro atoms. The molecule has 1 fully saturated rings. The Kier molecular flexibility index (Phi) is 3.57. The third-order valence-corrected chi connectivity index (χ3v) is 2.98. The molecule has 1 saturated carbocycles. The Bertz CT molecular complexity index is 161. The van der Waals surface area contributed by atoms with E-state index in [1.54, 1.807) is 7.05 Å². The zero-order valence-electron chi connectivity index (χ0n) is 8.10. The number of amides is 1. The molecule has 1 aliphatic carbocycles. The summed E-state index contributed by atoms with van der Waals surface area (Å²) in [6.07, 6.45) is 5.99. The molecule has 0 bridgehead atoms. The molecule has 0 aromatic rings. The van der Waals surface area contributed by atoms with Gasteiger partial charge >= 0.3 is 0 Å². The Morgan fingerprint density at radius 1 is 1.58 bits per heavy atom. The predicted octanol–water partition coefficient (Wildman–Crippen LogP) is 2.19. The normalized spacial score (nSPS) is 29.8. The van der Waals surface area contributed by atoms with Crippen molar-refractivity contribution in [2.45, 2.75) is 39.0 Å². The van der Waals surface area contributed by atoms with Crippen LogP contribution in [-0.2, 0) is 4.79 Å². The molecule has 72 valence electrons. The van der Waals surface area contributed by atoms with Crippen molar-refractivity contribution < 1.29 is 6.22 Å². The Morgan fingerprint density at radius 3 is 2.92 bits per heavy atom. The van der Waals surface area contributed by atoms with Crippen LogP contribution in [-0.4, -0.2) is 13.0 Å². The Morgan fingerprint density at radius 2 is 2.33 bits per heavy atom. The monoisotopic (exact) mass is 171 g/mol. The van der Waals surface area contributed by atoms with Crippen LogP contribution in [0.2, 0.25) is 0 Å². The molecule has 0 saturated heterocycles. The minimum Gasteiger partial charge on any atom is -0.359 e. The molecular weight excluding hydrogens is 150 g/mol. The molecule has 1 rings (SSSR count). The molecule has 0 aliphatic heterocycles. The standard InChI is InChI=1S/C10H19NO.H2/c1-3-8-5-4-6-9(7-8)10(12)11-2;/h8-9H,3-7H2,1-2H3,(H,11,12);1H. The van der Waals surface area contributed by atoms with Crippen LogP contribution in [0.4, 0.5) is 0 Å². The van der Waals surface area contributed by atoms with E-state index in [9.17, 15) is 4.79 Å². The van der Waals surface area contributed by atoms with E-state index < -0.39 is 0 Å². The van der Waals surface area contributed by atoms with Gasteiger partial charge in [-0.25, -0.2) is 0 Å². The van der Waals surface area contributed by atoms with Crippen molar-refractivity contribution in [3.63, 3.8) is 0 Å². The highest BCUT2D eigenvalue weighted by molar-refractivity contribution is 5.78. The first-order valence-corrected chi connectivity index (χ1v) is 4.99. The summed E-state index contributed by atoms with van der Waals surface area (Å²) in [6.45, 7) is 2.22. The van der Waals surface area contributed by atoms with Gasteiger partial charge < -0.3 is 5.32 Å². The van der Waals surface area contributed by atoms with Crippen molar-refractivity contribution in [2.75, 3.05) is 7.05 Å². The molecule has 1 N–H and O–H groups in total. The van der Waals surface area contributed by atoms with Crippen LogP contribution in [0.3, 0.4) is 0 Å². The van der Waals surface area contributed by atoms with Gasteiger partial charge in [0.1, 0.15) is 0 Å². The topological polar surface area (TPSA) is 29.1 Å². The van der Waals surface area contributed by atoms with E-state index in [0.29, 0.717) is 5.92 Å². The van der Waals surface area contributed by atoms with E-state index in [-0.39, 0.29) is 7.33 Å². The van der Waals surface area contributed by atoms with Crippen LogP contribution in [0.1, 0.15) is 40.5 Å². The highest BCUT2D eigenvalue weighted by atomic mass is 16.1. The first kappa shape index (κ1) is 9.56. The van der Waals surface area contributed by atoms with Crippen molar-refractivity contribution in [3.8, 4) is 0 Å². The molecule has 1 aliphatic rings. The molecule has 0 aromatic carbocycles. The molecule has 2 nitrogen and oxygen atoms in total. The summed E-state index contributed by atoms with van der Waals surface area (Å²) in [5, 5.41) is 2.74. The second-order valence-electron chi connectivity index (χ2n) is 3.75. The maximum atomic E-state index is 11.3. The van der Waals surface area contributed by atoms with E-state index in [0.717, 1.165) is 18.8 Å². The number of carbonyl (C=O) groups is 1. The Hall–Kier alpha value is -0.530. The van der Waals surface area contributed by atoms with Crippen molar-refractivity contribution in [2.24, 2.45) is 11.8 Å². The molecular formula is C10H21NO. The second kappa shape index (κ2) is 4.48. The first-order chi connectivity index (χ1) is 5.77. The van der Waals surface area contributed by atoms with Gasteiger partial charge in [-0.2, -0.15) is 0 Å². The van der Waals surface area contributed by atoms with Crippen molar-refractivity contribution in [1.82, 2.24) is 5.32 Å². The maximum Gasteiger partial charge on any atom is 0.222 e. The van der Waals surface area contributed by atoms with Gasteiger partial charge in [0.2, 0.25) is 5.91 Å². The van der Waals surface area contributed by atoms with Crippen LogP contribution in [0.25, 0.3) is 0 Å². The van der Waals surface area contributed by atoms with Crippen molar-refractivity contribution >= 4 is 5.91 Å². The van der Waals surface area contributed by atoms with Gasteiger partial charge in [-0.15, -0.1) is 0 Å². The van der Waals surface area contributed by atoms with Crippen LogP contribution in [0.5, 0.6) is 0 Å². The largest absolute Gasteiger partial charge is 0.359 e. The van der Waals surface area contributed by atoms with Gasteiger partial charge in [0.05, 0.1) is 0 Å². The molecule has 1 amide bonds. The molecule has 0 radical (unpaired) electrons. The van der Waals surface area contributed by atoms with E-state index >= 15 is 0 Å². The van der Waals surface area contributed by atoms with Gasteiger partial charge in [0.15, 0.2) is 0 Å². The number of carbonyl (C=O) groups excluding carboxylic acids is 1. The molecule has 2 unspecified atom stereocenters. The fourth-order valence-electron chi connectivity index (χ4n) is 2.10. The number of rotatable bonds is 2. The molecule has 0 aromatic heterocycles. The summed E-state index contributed by atoms with van der Waals surface area (Å²) in [4.78, 5) is 11.3. The van der Waals surface area contributed by atoms with Gasteiger partial charge in [-0.3, -0.25) is 4.79 Å². The lowest BCUT2D eigenvalue weighted by Gasteiger charge is -2.26. The van der Waals surface area contributed by atoms with Crippen LogP contribution in [0.15, 0.2) is 0 Å². The first-order valence-electron chi connectivity index (χ1n) is 4.99. The lowest BCUT2D eigenvalue weighted by Crippen LogP contribution is -2.31. The van der Waals surface area contributed by atoms with Crippen molar-refractivity contribution in [1.29, 1.82) is 0 Å². The van der Waals surface area contributed by atoms with Gasteiger partial charge in [0.25, 0.3) is 0 Å². The third kappa shape index (κ3) is 2.23. The SMILES string of the molecule is CCC1CCCC(C(=O)NC)C1.[HH]. The lowest BCUT2D eigenvalue weighted by atomic mass is 9.80. The lowest BCUT2D eigenvalue weighted by molar-refractivity contribution is -0.125. The summed E-state index contributed by atoms with van der Waals surface area (Å²) >= 11 is 0. The summed E-state index contributed by atoms with van der Waals surface area (Å²) in [7, 11) is 1.73. The fraction of sp³-hybridized carbons (Fsp3) is 0.900. The van der Waals surface area contributed by atoms with Crippen LogP contribution >= 0.6 is 0 Å². The van der Waals surface area contributed by atoms with E-state index in [2.05, 4.69) is 12.2 Å². The minimum atomic E-state index is 0. The summed E-state index contributed by atoms with van der Waals surface area (Å²) < 4.78 is 0. The quantitative estimate of drug-likeness (QED) is 0.678. The van der Waals surface area contributed by atoms with Gasteiger partial charge in [0, 0.05) is 14.4 Å². The number of hydrogen-bond acceptors (Lipinski definition) is 1. The second-order valence-corrected chi connectivity index (χ2v) is 3.75. The minimum absolute atomic E-state index is 0. The molecule has 2 atom stereocenters. The van der Waals surface area contributed by atoms with E-state index in [1.165, 1.54) is 19.3 Å². The highest BCUT2D eigenvalue weighted by Crippen LogP contribution is 2.30. The summed E-state index contributed by atoms with van der Waals surface area (Å²) in [5.74, 6) is 1.34. The summed E-state index contributed by atoms with van der Waals surface area (Å²) in [6, 6.07) is 0. The number of hydrogen-bond donors (Lipinski definition) is 1. The smallest absolute Gasteiger partial charge is 0.222 e. The zero-order valence-corrected chi connectivity index (χ0v) is 8.10. The fourth-order valence-corrected chi connectivity index (χ4v) is 2.10. The van der Waals surface area contributed by atoms with E-state index in [1.807, 2.05) is 0 Å². The van der Waals surface area contributed by atoms with E-state index in [4.69, 9.17) is 0 Å². The van der Waals surface area contributed by atoms with Crippen LogP contribution < -0.4 is 5.32 Å².